The van der Waals surface area contributed by atoms with Crippen LogP contribution in [0, 0.1) is 0 Å². The molecule has 1 aromatic carbocycles. The summed E-state index contributed by atoms with van der Waals surface area (Å²) in [5, 5.41) is 5.39. The van der Waals surface area contributed by atoms with Crippen molar-refractivity contribution in [2.75, 3.05) is 6.54 Å². The van der Waals surface area contributed by atoms with Crippen molar-refractivity contribution in [2.45, 2.75) is 12.5 Å². The molecule has 3 aromatic rings. The van der Waals surface area contributed by atoms with Gasteiger partial charge in [0.25, 0.3) is 0 Å². The molecule has 0 bridgehead atoms. The summed E-state index contributed by atoms with van der Waals surface area (Å²) in [4.78, 5) is 21.4. The normalized spacial score (nSPS) is 15.5. The molecule has 4 rings (SSSR count). The van der Waals surface area contributed by atoms with Gasteiger partial charge < -0.3 is 10.1 Å². The fourth-order valence-electron chi connectivity index (χ4n) is 2.91. The summed E-state index contributed by atoms with van der Waals surface area (Å²) in [6.07, 6.45) is 8.85. The number of halogens is 1. The number of carbonyl (C=O) groups is 1. The number of fused-ring (bicyclic) bond motifs is 1. The highest BCUT2D eigenvalue weighted by Crippen LogP contribution is 2.39. The van der Waals surface area contributed by atoms with Crippen molar-refractivity contribution in [3.8, 4) is 17.0 Å². The van der Waals surface area contributed by atoms with Crippen LogP contribution in [-0.4, -0.2) is 28.5 Å². The Balaban J connectivity index is 1.39. The van der Waals surface area contributed by atoms with E-state index in [-0.39, 0.29) is 12.0 Å². The summed E-state index contributed by atoms with van der Waals surface area (Å²) in [7, 11) is 0. The number of hydrogen-bond donors (Lipinski definition) is 1. The lowest BCUT2D eigenvalue weighted by Crippen LogP contribution is -2.33. The molecule has 3 heterocycles. The molecule has 1 aliphatic heterocycles. The van der Waals surface area contributed by atoms with E-state index in [0.29, 0.717) is 23.7 Å². The second kappa shape index (κ2) is 7.90. The molecule has 27 heavy (non-hydrogen) atoms. The zero-order valence-corrected chi connectivity index (χ0v) is 15.8. The molecular formula is C20H16ClN3O2S. The van der Waals surface area contributed by atoms with Gasteiger partial charge in [0.2, 0.25) is 5.91 Å². The van der Waals surface area contributed by atoms with Gasteiger partial charge in [0.05, 0.1) is 23.5 Å². The Kier molecular flexibility index (Phi) is 5.18. The SMILES string of the molecule is O=C(C=Cc1cccs1)NCC1Cc2cc(-c3cnccn3)cc(Cl)c2O1. The third-order valence-electron chi connectivity index (χ3n) is 4.16. The minimum absolute atomic E-state index is 0.144. The molecule has 0 radical (unpaired) electrons. The number of benzene rings is 1. The van der Waals surface area contributed by atoms with E-state index in [1.165, 1.54) is 6.08 Å². The van der Waals surface area contributed by atoms with Gasteiger partial charge >= 0.3 is 0 Å². The highest BCUT2D eigenvalue weighted by atomic mass is 35.5. The molecule has 0 fully saturated rings. The lowest BCUT2D eigenvalue weighted by molar-refractivity contribution is -0.116. The van der Waals surface area contributed by atoms with Crippen LogP contribution in [0.4, 0.5) is 0 Å². The second-order valence-electron chi connectivity index (χ2n) is 6.07. The zero-order chi connectivity index (χ0) is 18.6. The van der Waals surface area contributed by atoms with Crippen LogP contribution in [0.5, 0.6) is 5.75 Å². The molecule has 7 heteroatoms. The van der Waals surface area contributed by atoms with Gasteiger partial charge in [-0.05, 0) is 29.7 Å². The van der Waals surface area contributed by atoms with Gasteiger partial charge in [0.1, 0.15) is 11.9 Å². The molecule has 1 unspecified atom stereocenters. The quantitative estimate of drug-likeness (QED) is 0.661. The molecule has 5 nitrogen and oxygen atoms in total. The number of amides is 1. The van der Waals surface area contributed by atoms with Crippen LogP contribution in [0.25, 0.3) is 17.3 Å². The minimum atomic E-state index is -0.145. The fraction of sp³-hybridized carbons (Fsp3) is 0.150. The van der Waals surface area contributed by atoms with Crippen LogP contribution < -0.4 is 10.1 Å². The van der Waals surface area contributed by atoms with Crippen molar-refractivity contribution in [3.63, 3.8) is 0 Å². The van der Waals surface area contributed by atoms with Crippen molar-refractivity contribution in [1.29, 1.82) is 0 Å². The van der Waals surface area contributed by atoms with Crippen LogP contribution in [0.2, 0.25) is 5.02 Å². The van der Waals surface area contributed by atoms with E-state index in [9.17, 15) is 4.79 Å². The van der Waals surface area contributed by atoms with Gasteiger partial charge in [0.15, 0.2) is 0 Å². The molecule has 0 saturated carbocycles. The average Bonchev–Trinajstić information content (AvgIpc) is 3.35. The molecule has 0 spiro atoms. The van der Waals surface area contributed by atoms with E-state index in [1.807, 2.05) is 29.6 Å². The predicted octanol–water partition coefficient (Wildman–Crippen LogP) is 3.99. The van der Waals surface area contributed by atoms with E-state index in [2.05, 4.69) is 15.3 Å². The summed E-state index contributed by atoms with van der Waals surface area (Å²) in [6, 6.07) is 7.76. The molecule has 2 aromatic heterocycles. The first-order valence-electron chi connectivity index (χ1n) is 8.44. The Bertz CT molecular complexity index is 974. The summed E-state index contributed by atoms with van der Waals surface area (Å²) in [5.74, 6) is 0.534. The van der Waals surface area contributed by atoms with Crippen molar-refractivity contribution in [3.05, 3.63) is 69.8 Å². The number of carbonyl (C=O) groups excluding carboxylic acids is 1. The van der Waals surface area contributed by atoms with E-state index < -0.39 is 0 Å². The Morgan fingerprint density at radius 1 is 1.41 bits per heavy atom. The van der Waals surface area contributed by atoms with Crippen LogP contribution in [0.15, 0.2) is 54.3 Å². The number of thiophene rings is 1. The highest BCUT2D eigenvalue weighted by molar-refractivity contribution is 7.10. The van der Waals surface area contributed by atoms with E-state index >= 15 is 0 Å². The Morgan fingerprint density at radius 3 is 3.11 bits per heavy atom. The smallest absolute Gasteiger partial charge is 0.244 e. The van der Waals surface area contributed by atoms with E-state index in [0.717, 1.165) is 21.7 Å². The van der Waals surface area contributed by atoms with Crippen molar-refractivity contribution in [1.82, 2.24) is 15.3 Å². The van der Waals surface area contributed by atoms with Crippen molar-refractivity contribution >= 4 is 34.9 Å². The van der Waals surface area contributed by atoms with Gasteiger partial charge in [-0.15, -0.1) is 11.3 Å². The lowest BCUT2D eigenvalue weighted by atomic mass is 10.0. The topological polar surface area (TPSA) is 64.1 Å². The number of hydrogen-bond acceptors (Lipinski definition) is 5. The fourth-order valence-corrected chi connectivity index (χ4v) is 3.82. The largest absolute Gasteiger partial charge is 0.486 e. The molecule has 1 amide bonds. The molecule has 0 aliphatic carbocycles. The number of aromatic nitrogens is 2. The Labute approximate surface area is 165 Å². The summed E-state index contributed by atoms with van der Waals surface area (Å²) >= 11 is 7.97. The van der Waals surface area contributed by atoms with Crippen molar-refractivity contribution < 1.29 is 9.53 Å². The van der Waals surface area contributed by atoms with Crippen LogP contribution >= 0.6 is 22.9 Å². The first-order chi connectivity index (χ1) is 13.2. The van der Waals surface area contributed by atoms with Crippen molar-refractivity contribution in [2.24, 2.45) is 0 Å². The van der Waals surface area contributed by atoms with E-state index in [1.54, 1.807) is 36.0 Å². The minimum Gasteiger partial charge on any atom is -0.486 e. The standard InChI is InChI=1S/C20H16ClN3O2S/c21-17-10-13(18-12-22-5-6-23-18)8-14-9-15(26-20(14)17)11-24-19(25)4-3-16-2-1-7-27-16/h1-8,10,12,15H,9,11H2,(H,24,25). The van der Waals surface area contributed by atoms with Crippen LogP contribution in [0.3, 0.4) is 0 Å². The third kappa shape index (κ3) is 4.18. The third-order valence-corrected chi connectivity index (χ3v) is 5.28. The maximum atomic E-state index is 12.0. The summed E-state index contributed by atoms with van der Waals surface area (Å²) in [5.41, 5.74) is 2.67. The number of rotatable bonds is 5. The Morgan fingerprint density at radius 2 is 2.33 bits per heavy atom. The van der Waals surface area contributed by atoms with Crippen LogP contribution in [0.1, 0.15) is 10.4 Å². The van der Waals surface area contributed by atoms with Crippen LogP contribution in [-0.2, 0) is 11.2 Å². The highest BCUT2D eigenvalue weighted by Gasteiger charge is 2.26. The maximum Gasteiger partial charge on any atom is 0.244 e. The number of ether oxygens (including phenoxy) is 1. The molecule has 1 aliphatic rings. The predicted molar refractivity (Wildman–Crippen MR) is 107 cm³/mol. The van der Waals surface area contributed by atoms with Gasteiger partial charge in [-0.2, -0.15) is 0 Å². The van der Waals surface area contributed by atoms with Gasteiger partial charge in [-0.25, -0.2) is 0 Å². The molecule has 0 saturated heterocycles. The first-order valence-corrected chi connectivity index (χ1v) is 9.69. The maximum absolute atomic E-state index is 12.0. The Hall–Kier alpha value is -2.70. The molecule has 1 N–H and O–H groups in total. The average molecular weight is 398 g/mol. The summed E-state index contributed by atoms with van der Waals surface area (Å²) in [6.45, 7) is 0.416. The van der Waals surface area contributed by atoms with Gasteiger partial charge in [-0.1, -0.05) is 17.7 Å². The molecule has 1 atom stereocenters. The van der Waals surface area contributed by atoms with E-state index in [4.69, 9.17) is 16.3 Å². The molecule has 136 valence electrons. The number of nitrogens with one attached hydrogen (secondary N) is 1. The lowest BCUT2D eigenvalue weighted by Gasteiger charge is -2.11. The first kappa shape index (κ1) is 17.7. The van der Waals surface area contributed by atoms with Gasteiger partial charge in [-0.3, -0.25) is 14.8 Å². The zero-order valence-electron chi connectivity index (χ0n) is 14.3. The summed E-state index contributed by atoms with van der Waals surface area (Å²) < 4.78 is 5.92. The van der Waals surface area contributed by atoms with Gasteiger partial charge in [0, 0.05) is 40.9 Å². The number of nitrogens with zero attached hydrogens (tertiary/aromatic N) is 2. The second-order valence-corrected chi connectivity index (χ2v) is 7.46. The molecular weight excluding hydrogens is 382 g/mol. The monoisotopic (exact) mass is 397 g/mol.